The number of hydrogen-bond acceptors (Lipinski definition) is 2. The van der Waals surface area contributed by atoms with Gasteiger partial charge in [0.1, 0.15) is 12.3 Å². The highest BCUT2D eigenvalue weighted by molar-refractivity contribution is 5.63. The van der Waals surface area contributed by atoms with Crippen molar-refractivity contribution in [2.75, 3.05) is 0 Å². The predicted octanol–water partition coefficient (Wildman–Crippen LogP) is -4.61. The lowest BCUT2D eigenvalue weighted by molar-refractivity contribution is -0.398. The lowest BCUT2D eigenvalue weighted by Gasteiger charge is -1.86. The van der Waals surface area contributed by atoms with Gasteiger partial charge in [-0.05, 0) is 0 Å². The van der Waals surface area contributed by atoms with Crippen molar-refractivity contribution in [2.45, 2.75) is 12.5 Å². The van der Waals surface area contributed by atoms with Crippen LogP contribution >= 0.6 is 0 Å². The number of hydrogen-bond donors (Lipinski definition) is 1. The van der Waals surface area contributed by atoms with Crippen molar-refractivity contribution in [3.8, 4) is 0 Å². The fourth-order valence-corrected chi connectivity index (χ4v) is 0.179. The normalized spacial score (nSPS) is 11.1. The SMILES string of the molecule is [Cl-].[NH3+]C(C=O)CC=O. The van der Waals surface area contributed by atoms with Crippen LogP contribution in [0.2, 0.25) is 0 Å². The molecular weight excluding hydrogens is 130 g/mol. The maximum atomic E-state index is 9.67. The first-order valence-electron chi connectivity index (χ1n) is 2.03. The van der Waals surface area contributed by atoms with Gasteiger partial charge in [0.25, 0.3) is 0 Å². The lowest BCUT2D eigenvalue weighted by Crippen LogP contribution is -3.00. The Bertz CT molecular complexity index is 76.4. The quantitative estimate of drug-likeness (QED) is 0.398. The van der Waals surface area contributed by atoms with E-state index in [9.17, 15) is 9.59 Å². The highest BCUT2D eigenvalue weighted by atomic mass is 35.5. The van der Waals surface area contributed by atoms with Crippen LogP contribution in [0.25, 0.3) is 0 Å². The van der Waals surface area contributed by atoms with E-state index in [-0.39, 0.29) is 24.9 Å². The molecule has 0 bridgehead atoms. The second-order valence-corrected chi connectivity index (χ2v) is 1.30. The molecule has 0 aromatic rings. The van der Waals surface area contributed by atoms with Crippen molar-refractivity contribution in [3.63, 3.8) is 0 Å². The van der Waals surface area contributed by atoms with Crippen molar-refractivity contribution in [2.24, 2.45) is 0 Å². The van der Waals surface area contributed by atoms with Crippen LogP contribution in [0.15, 0.2) is 0 Å². The molecule has 0 radical (unpaired) electrons. The average Bonchev–Trinajstić information content (AvgIpc) is 1.68. The molecule has 0 aliphatic heterocycles. The Morgan fingerprint density at radius 2 is 2.00 bits per heavy atom. The summed E-state index contributed by atoms with van der Waals surface area (Å²) in [7, 11) is 0. The molecule has 8 heavy (non-hydrogen) atoms. The van der Waals surface area contributed by atoms with Crippen molar-refractivity contribution in [1.82, 2.24) is 0 Å². The summed E-state index contributed by atoms with van der Waals surface area (Å²) in [5.74, 6) is 0. The molecule has 3 N–H and O–H groups in total. The third-order valence-electron chi connectivity index (χ3n) is 0.591. The molecule has 0 aromatic carbocycles. The minimum absolute atomic E-state index is 0. The van der Waals surface area contributed by atoms with Crippen molar-refractivity contribution >= 4 is 12.6 Å². The van der Waals surface area contributed by atoms with Crippen molar-refractivity contribution in [1.29, 1.82) is 0 Å². The second-order valence-electron chi connectivity index (χ2n) is 1.30. The van der Waals surface area contributed by atoms with Gasteiger partial charge in [0.15, 0.2) is 6.29 Å². The van der Waals surface area contributed by atoms with Crippen LogP contribution in [-0.4, -0.2) is 18.6 Å². The van der Waals surface area contributed by atoms with Crippen LogP contribution in [0.4, 0.5) is 0 Å². The molecule has 0 amide bonds. The van der Waals surface area contributed by atoms with Gasteiger partial charge in [-0.2, -0.15) is 0 Å². The Hall–Kier alpha value is -0.410. The van der Waals surface area contributed by atoms with Gasteiger partial charge in [-0.25, -0.2) is 0 Å². The van der Waals surface area contributed by atoms with E-state index in [4.69, 9.17) is 0 Å². The Labute approximate surface area is 53.7 Å². The monoisotopic (exact) mass is 137 g/mol. The summed E-state index contributed by atoms with van der Waals surface area (Å²) in [6, 6.07) is -0.350. The molecule has 0 aliphatic carbocycles. The van der Waals surface area contributed by atoms with E-state index >= 15 is 0 Å². The van der Waals surface area contributed by atoms with Crippen LogP contribution in [0, 0.1) is 0 Å². The van der Waals surface area contributed by atoms with E-state index in [1.54, 1.807) is 0 Å². The zero-order valence-corrected chi connectivity index (χ0v) is 5.10. The number of rotatable bonds is 3. The fourth-order valence-electron chi connectivity index (χ4n) is 0.179. The van der Waals surface area contributed by atoms with Crippen LogP contribution in [-0.2, 0) is 9.59 Å². The minimum Gasteiger partial charge on any atom is -1.00 e. The molecule has 4 heteroatoms. The lowest BCUT2D eigenvalue weighted by atomic mass is 10.3. The molecule has 0 saturated heterocycles. The van der Waals surface area contributed by atoms with Gasteiger partial charge in [-0.3, -0.25) is 4.79 Å². The first kappa shape index (κ1) is 10.5. The highest BCUT2D eigenvalue weighted by Crippen LogP contribution is 1.70. The van der Waals surface area contributed by atoms with E-state index in [1.807, 2.05) is 0 Å². The van der Waals surface area contributed by atoms with E-state index < -0.39 is 0 Å². The highest BCUT2D eigenvalue weighted by Gasteiger charge is 1.98. The molecule has 0 aromatic heterocycles. The fraction of sp³-hybridized carbons (Fsp3) is 0.500. The zero-order valence-electron chi connectivity index (χ0n) is 4.34. The molecule has 48 valence electrons. The van der Waals surface area contributed by atoms with Gasteiger partial charge in [-0.15, -0.1) is 0 Å². The molecule has 1 atom stereocenters. The summed E-state index contributed by atoms with van der Waals surface area (Å²) in [5.41, 5.74) is 3.35. The number of carbonyl (C=O) groups excluding carboxylic acids is 2. The van der Waals surface area contributed by atoms with Crippen LogP contribution in [0.1, 0.15) is 6.42 Å². The molecule has 0 aliphatic rings. The van der Waals surface area contributed by atoms with Crippen LogP contribution in [0.3, 0.4) is 0 Å². The summed E-state index contributed by atoms with van der Waals surface area (Å²) in [6.45, 7) is 0. The van der Waals surface area contributed by atoms with Gasteiger partial charge in [0.2, 0.25) is 0 Å². The molecule has 3 nitrogen and oxygen atoms in total. The molecule has 0 rings (SSSR count). The Morgan fingerprint density at radius 3 is 2.12 bits per heavy atom. The maximum Gasteiger partial charge on any atom is 0.177 e. The van der Waals surface area contributed by atoms with Crippen molar-refractivity contribution in [3.05, 3.63) is 0 Å². The van der Waals surface area contributed by atoms with E-state index in [2.05, 4.69) is 5.73 Å². The summed E-state index contributed by atoms with van der Waals surface area (Å²) >= 11 is 0. The van der Waals surface area contributed by atoms with Gasteiger partial charge in [0.05, 0.1) is 6.42 Å². The van der Waals surface area contributed by atoms with Crippen molar-refractivity contribution < 1.29 is 27.7 Å². The average molecular weight is 138 g/mol. The largest absolute Gasteiger partial charge is 1.00 e. The number of quaternary nitrogens is 1. The molecule has 1 unspecified atom stereocenters. The number of aldehydes is 2. The predicted molar refractivity (Wildman–Crippen MR) is 23.4 cm³/mol. The first-order valence-corrected chi connectivity index (χ1v) is 2.03. The molecule has 0 spiro atoms. The maximum absolute atomic E-state index is 9.67. The standard InChI is InChI=1S/C4H7NO2.ClH/c5-4(3-7)1-2-6;/h2-4H,1,5H2;1H. The van der Waals surface area contributed by atoms with E-state index in [1.165, 1.54) is 0 Å². The molecule has 0 saturated carbocycles. The summed E-state index contributed by atoms with van der Waals surface area (Å²) in [5, 5.41) is 0. The smallest absolute Gasteiger partial charge is 0.177 e. The van der Waals surface area contributed by atoms with Crippen LogP contribution < -0.4 is 18.1 Å². The van der Waals surface area contributed by atoms with E-state index in [0.717, 1.165) is 0 Å². The minimum atomic E-state index is -0.350. The summed E-state index contributed by atoms with van der Waals surface area (Å²) in [4.78, 5) is 19.2. The van der Waals surface area contributed by atoms with Gasteiger partial charge in [-0.1, -0.05) is 0 Å². The molecule has 0 fully saturated rings. The number of carbonyl (C=O) groups is 2. The Kier molecular flexibility index (Phi) is 8.69. The number of halogens is 1. The Balaban J connectivity index is 0. The second kappa shape index (κ2) is 6.59. The van der Waals surface area contributed by atoms with Crippen LogP contribution in [0.5, 0.6) is 0 Å². The topological polar surface area (TPSA) is 61.8 Å². The van der Waals surface area contributed by atoms with E-state index in [0.29, 0.717) is 12.6 Å². The zero-order chi connectivity index (χ0) is 5.70. The van der Waals surface area contributed by atoms with Gasteiger partial charge < -0.3 is 22.9 Å². The Morgan fingerprint density at radius 1 is 1.50 bits per heavy atom. The summed E-state index contributed by atoms with van der Waals surface area (Å²) in [6.07, 6.45) is 1.59. The third kappa shape index (κ3) is 5.59. The first-order chi connectivity index (χ1) is 3.31. The molecular formula is C4H8ClNO2. The van der Waals surface area contributed by atoms with Gasteiger partial charge in [0, 0.05) is 0 Å². The third-order valence-corrected chi connectivity index (χ3v) is 0.591. The summed E-state index contributed by atoms with van der Waals surface area (Å²) < 4.78 is 0. The molecule has 0 heterocycles. The van der Waals surface area contributed by atoms with Gasteiger partial charge >= 0.3 is 0 Å².